The quantitative estimate of drug-likeness (QED) is 0.738. The third-order valence-electron chi connectivity index (χ3n) is 4.70. The van der Waals surface area contributed by atoms with Crippen molar-refractivity contribution in [1.82, 2.24) is 9.21 Å². The summed E-state index contributed by atoms with van der Waals surface area (Å²) in [6, 6.07) is 3.85. The van der Waals surface area contributed by atoms with Crippen molar-refractivity contribution in [3.63, 3.8) is 0 Å². The Morgan fingerprint density at radius 3 is 2.67 bits per heavy atom. The summed E-state index contributed by atoms with van der Waals surface area (Å²) in [5, 5.41) is 0. The highest BCUT2D eigenvalue weighted by Gasteiger charge is 2.49. The number of hydrogen-bond donors (Lipinski definition) is 1. The van der Waals surface area contributed by atoms with Crippen LogP contribution in [0.25, 0.3) is 0 Å². The zero-order chi connectivity index (χ0) is 17.5. The van der Waals surface area contributed by atoms with E-state index in [1.165, 1.54) is 16.4 Å². The van der Waals surface area contributed by atoms with E-state index >= 15 is 0 Å². The number of halogens is 2. The van der Waals surface area contributed by atoms with Gasteiger partial charge in [-0.25, -0.2) is 12.8 Å². The fraction of sp³-hybridized carbons (Fsp3) is 0.533. The zero-order valence-electron chi connectivity index (χ0n) is 12.9. The van der Waals surface area contributed by atoms with Gasteiger partial charge in [-0.15, -0.1) is 0 Å². The van der Waals surface area contributed by atoms with Crippen molar-refractivity contribution in [3.8, 4) is 0 Å². The van der Waals surface area contributed by atoms with Gasteiger partial charge in [0.2, 0.25) is 15.9 Å². The molecule has 0 bridgehead atoms. The minimum absolute atomic E-state index is 0.0288. The van der Waals surface area contributed by atoms with Crippen LogP contribution in [0.2, 0.25) is 0 Å². The number of thiol groups is 1. The van der Waals surface area contributed by atoms with Gasteiger partial charge < -0.3 is 4.90 Å². The van der Waals surface area contributed by atoms with Gasteiger partial charge >= 0.3 is 0 Å². The first kappa shape index (κ1) is 18.2. The van der Waals surface area contributed by atoms with Gasteiger partial charge in [0, 0.05) is 31.6 Å². The van der Waals surface area contributed by atoms with Crippen LogP contribution in [0.15, 0.2) is 27.6 Å². The second kappa shape index (κ2) is 6.59. The molecule has 132 valence electrons. The molecular formula is C15H18BrFN2O3S2. The van der Waals surface area contributed by atoms with Crippen molar-refractivity contribution < 1.29 is 17.6 Å². The van der Waals surface area contributed by atoms with Gasteiger partial charge in [0.05, 0.1) is 15.1 Å². The van der Waals surface area contributed by atoms with Crippen LogP contribution in [0.3, 0.4) is 0 Å². The Hall–Kier alpha value is -0.640. The summed E-state index contributed by atoms with van der Waals surface area (Å²) >= 11 is 7.02. The second-order valence-corrected chi connectivity index (χ2v) is 9.53. The number of piperidine rings is 1. The van der Waals surface area contributed by atoms with Gasteiger partial charge in [0.15, 0.2) is 0 Å². The number of hydrogen-bond acceptors (Lipinski definition) is 4. The highest BCUT2D eigenvalue weighted by atomic mass is 79.9. The van der Waals surface area contributed by atoms with E-state index in [0.717, 1.165) is 18.9 Å². The lowest BCUT2D eigenvalue weighted by Crippen LogP contribution is -2.64. The smallest absolute Gasteiger partial charge is 0.243 e. The molecule has 5 nitrogen and oxygen atoms in total. The van der Waals surface area contributed by atoms with Crippen LogP contribution < -0.4 is 0 Å². The van der Waals surface area contributed by atoms with E-state index in [-0.39, 0.29) is 26.4 Å². The van der Waals surface area contributed by atoms with Crippen molar-refractivity contribution in [2.45, 2.75) is 17.7 Å². The number of likely N-dealkylation sites (tertiary alicyclic amines) is 1. The molecule has 1 aromatic carbocycles. The Morgan fingerprint density at radius 2 is 2.04 bits per heavy atom. The van der Waals surface area contributed by atoms with Gasteiger partial charge in [0.1, 0.15) is 5.82 Å². The Labute approximate surface area is 154 Å². The van der Waals surface area contributed by atoms with Gasteiger partial charge in [-0.2, -0.15) is 16.9 Å². The lowest BCUT2D eigenvalue weighted by atomic mass is 9.74. The van der Waals surface area contributed by atoms with E-state index in [4.69, 9.17) is 0 Å². The molecule has 3 rings (SSSR count). The minimum atomic E-state index is -3.74. The van der Waals surface area contributed by atoms with Crippen molar-refractivity contribution in [2.24, 2.45) is 5.41 Å². The van der Waals surface area contributed by atoms with Gasteiger partial charge in [-0.1, -0.05) is 0 Å². The third kappa shape index (κ3) is 3.23. The first-order chi connectivity index (χ1) is 11.3. The van der Waals surface area contributed by atoms with Crippen molar-refractivity contribution >= 4 is 44.5 Å². The number of amides is 1. The number of rotatable bonds is 3. The van der Waals surface area contributed by atoms with Crippen LogP contribution in [0.1, 0.15) is 12.8 Å². The Morgan fingerprint density at radius 1 is 1.33 bits per heavy atom. The number of carbonyl (C=O) groups is 1. The van der Waals surface area contributed by atoms with Gasteiger partial charge in [0.25, 0.3) is 0 Å². The summed E-state index contributed by atoms with van der Waals surface area (Å²) < 4.78 is 41.0. The summed E-state index contributed by atoms with van der Waals surface area (Å²) in [5.41, 5.74) is -0.183. The molecule has 2 fully saturated rings. The zero-order valence-corrected chi connectivity index (χ0v) is 16.2. The molecular weight excluding hydrogens is 419 g/mol. The molecule has 2 saturated heterocycles. The van der Waals surface area contributed by atoms with E-state index < -0.39 is 15.8 Å². The van der Waals surface area contributed by atoms with Crippen LogP contribution >= 0.6 is 28.6 Å². The number of nitrogens with zero attached hydrogens (tertiary/aromatic N) is 2. The topological polar surface area (TPSA) is 57.7 Å². The second-order valence-electron chi connectivity index (χ2n) is 6.43. The normalized spacial score (nSPS) is 20.9. The predicted octanol–water partition coefficient (Wildman–Crippen LogP) is 2.13. The minimum Gasteiger partial charge on any atom is -0.341 e. The molecule has 1 spiro atoms. The van der Waals surface area contributed by atoms with Gasteiger partial charge in [-0.3, -0.25) is 4.79 Å². The van der Waals surface area contributed by atoms with E-state index in [9.17, 15) is 17.6 Å². The summed E-state index contributed by atoms with van der Waals surface area (Å²) in [7, 11) is -3.74. The molecule has 24 heavy (non-hydrogen) atoms. The SMILES string of the molecule is O=C(CS)N1CC2(CCCN(S(=O)(=O)c3ccc(Br)c(F)c3)C2)C1. The van der Waals surface area contributed by atoms with E-state index in [2.05, 4.69) is 28.6 Å². The summed E-state index contributed by atoms with van der Waals surface area (Å²) in [6.45, 7) is 1.91. The molecule has 2 heterocycles. The lowest BCUT2D eigenvalue weighted by Gasteiger charge is -2.54. The standard InChI is InChI=1S/C15H18BrFN2O3S2/c16-12-3-2-11(6-13(12)17)24(21,22)19-5-1-4-15(10-19)8-18(9-15)14(20)7-23/h2-3,6,23H,1,4-5,7-10H2. The molecule has 0 aliphatic carbocycles. The Kier molecular flexibility index (Phi) is 4.98. The van der Waals surface area contributed by atoms with E-state index in [1.807, 2.05) is 0 Å². The van der Waals surface area contributed by atoms with Crippen LogP contribution in [0, 0.1) is 11.2 Å². The third-order valence-corrected chi connectivity index (χ3v) is 7.45. The molecule has 1 aromatic rings. The number of benzene rings is 1. The predicted molar refractivity (Wildman–Crippen MR) is 95.0 cm³/mol. The molecule has 1 amide bonds. The van der Waals surface area contributed by atoms with E-state index in [1.54, 1.807) is 4.90 Å². The monoisotopic (exact) mass is 436 g/mol. The molecule has 0 radical (unpaired) electrons. The fourth-order valence-electron chi connectivity index (χ4n) is 3.45. The largest absolute Gasteiger partial charge is 0.341 e. The maximum atomic E-state index is 13.7. The first-order valence-corrected chi connectivity index (χ1v) is 10.5. The first-order valence-electron chi connectivity index (χ1n) is 7.61. The van der Waals surface area contributed by atoms with Crippen molar-refractivity contribution in [2.75, 3.05) is 31.9 Å². The fourth-order valence-corrected chi connectivity index (χ4v) is 5.50. The molecule has 2 aliphatic rings. The molecule has 0 saturated carbocycles. The van der Waals surface area contributed by atoms with E-state index in [0.29, 0.717) is 26.2 Å². The van der Waals surface area contributed by atoms with Crippen molar-refractivity contribution in [3.05, 3.63) is 28.5 Å². The van der Waals surface area contributed by atoms with Gasteiger partial charge in [-0.05, 0) is 47.0 Å². The molecule has 0 N–H and O–H groups in total. The van der Waals surface area contributed by atoms with Crippen LogP contribution in [-0.2, 0) is 14.8 Å². The molecule has 0 atom stereocenters. The number of sulfonamides is 1. The summed E-state index contributed by atoms with van der Waals surface area (Å²) in [4.78, 5) is 13.3. The molecule has 9 heteroatoms. The maximum absolute atomic E-state index is 13.7. The highest BCUT2D eigenvalue weighted by molar-refractivity contribution is 9.10. The average molecular weight is 437 g/mol. The Balaban J connectivity index is 1.77. The molecule has 0 aromatic heterocycles. The van der Waals surface area contributed by atoms with Crippen LogP contribution in [0.4, 0.5) is 4.39 Å². The number of carbonyl (C=O) groups excluding carboxylic acids is 1. The lowest BCUT2D eigenvalue weighted by molar-refractivity contribution is -0.142. The molecule has 0 unspecified atom stereocenters. The highest BCUT2D eigenvalue weighted by Crippen LogP contribution is 2.40. The van der Waals surface area contributed by atoms with Crippen LogP contribution in [-0.4, -0.2) is 55.5 Å². The average Bonchev–Trinajstić information content (AvgIpc) is 2.54. The Bertz CT molecular complexity index is 766. The summed E-state index contributed by atoms with van der Waals surface area (Å²) in [6.07, 6.45) is 1.63. The van der Waals surface area contributed by atoms with Crippen molar-refractivity contribution in [1.29, 1.82) is 0 Å². The molecule has 2 aliphatic heterocycles. The maximum Gasteiger partial charge on any atom is 0.243 e. The summed E-state index contributed by atoms with van der Waals surface area (Å²) in [5.74, 6) is -0.466. The van der Waals surface area contributed by atoms with Crippen LogP contribution in [0.5, 0.6) is 0 Å².